The van der Waals surface area contributed by atoms with Gasteiger partial charge in [0.05, 0.1) is 0 Å². The lowest BCUT2D eigenvalue weighted by molar-refractivity contribution is -0.153. The molecule has 0 unspecified atom stereocenters. The van der Waals surface area contributed by atoms with Crippen LogP contribution >= 0.6 is 0 Å². The number of nitrogens with two attached hydrogens (primary N) is 1. The van der Waals surface area contributed by atoms with Gasteiger partial charge in [-0.3, -0.25) is 4.79 Å². The molecule has 0 saturated carbocycles. The number of primary amides is 1. The quantitative estimate of drug-likeness (QED) is 0.769. The molecule has 0 radical (unpaired) electrons. The van der Waals surface area contributed by atoms with E-state index in [0.717, 1.165) is 16.2 Å². The average molecular weight is 318 g/mol. The number of hydrogen-bond acceptors (Lipinski definition) is 4. The van der Waals surface area contributed by atoms with Gasteiger partial charge in [-0.05, 0) is 42.3 Å². The van der Waals surface area contributed by atoms with Crippen LogP contribution in [0.2, 0.25) is 0 Å². The Morgan fingerprint density at radius 3 is 2.57 bits per heavy atom. The highest BCUT2D eigenvalue weighted by atomic mass is 19.1. The normalized spacial score (nSPS) is 12.2. The first-order valence-corrected chi connectivity index (χ1v) is 7.16. The number of carbonyl (C=O) groups is 1. The van der Waals surface area contributed by atoms with Crippen molar-refractivity contribution in [3.63, 3.8) is 0 Å². The standard InChI is InChI=1S/C17H19FN2O3/c1-12(17(19)21)20(22)10-13-5-7-16(8-6-13)23-11-14-3-2-4-15(18)9-14/h2-9,12,22H,10-11H2,1H3,(H2,19,21)/t12-/m0/s1. The Labute approximate surface area is 134 Å². The van der Waals surface area contributed by atoms with E-state index in [-0.39, 0.29) is 19.0 Å². The molecule has 0 bridgehead atoms. The van der Waals surface area contributed by atoms with Crippen LogP contribution in [0.15, 0.2) is 48.5 Å². The second kappa shape index (κ2) is 7.71. The molecule has 0 aromatic heterocycles. The summed E-state index contributed by atoms with van der Waals surface area (Å²) < 4.78 is 18.6. The van der Waals surface area contributed by atoms with Crippen LogP contribution in [0.1, 0.15) is 18.1 Å². The number of rotatable bonds is 7. The molecule has 0 aliphatic heterocycles. The summed E-state index contributed by atoms with van der Waals surface area (Å²) in [5.74, 6) is -0.263. The lowest BCUT2D eigenvalue weighted by Crippen LogP contribution is -2.40. The van der Waals surface area contributed by atoms with Crippen molar-refractivity contribution in [3.05, 3.63) is 65.5 Å². The number of nitrogens with zero attached hydrogens (tertiary/aromatic N) is 1. The van der Waals surface area contributed by atoms with E-state index in [1.165, 1.54) is 19.1 Å². The maximum absolute atomic E-state index is 13.1. The Morgan fingerprint density at radius 2 is 1.96 bits per heavy atom. The first-order valence-electron chi connectivity index (χ1n) is 7.16. The molecular formula is C17H19FN2O3. The minimum atomic E-state index is -0.765. The molecule has 0 spiro atoms. The van der Waals surface area contributed by atoms with Gasteiger partial charge in [0.15, 0.2) is 0 Å². The third kappa shape index (κ3) is 5.05. The van der Waals surface area contributed by atoms with Gasteiger partial charge in [-0.25, -0.2) is 4.39 Å². The van der Waals surface area contributed by atoms with Crippen molar-refractivity contribution in [1.82, 2.24) is 5.06 Å². The van der Waals surface area contributed by atoms with Gasteiger partial charge in [0.2, 0.25) is 5.91 Å². The highest BCUT2D eigenvalue weighted by Crippen LogP contribution is 2.16. The number of ether oxygens (including phenoxy) is 1. The third-order valence-corrected chi connectivity index (χ3v) is 3.42. The molecule has 1 atom stereocenters. The number of benzene rings is 2. The van der Waals surface area contributed by atoms with Gasteiger partial charge in [-0.2, -0.15) is 5.06 Å². The van der Waals surface area contributed by atoms with Crippen molar-refractivity contribution in [2.45, 2.75) is 26.1 Å². The molecule has 0 aliphatic carbocycles. The van der Waals surface area contributed by atoms with E-state index in [2.05, 4.69) is 0 Å². The highest BCUT2D eigenvalue weighted by molar-refractivity contribution is 5.79. The van der Waals surface area contributed by atoms with Gasteiger partial charge in [0.25, 0.3) is 0 Å². The average Bonchev–Trinajstić information content (AvgIpc) is 2.53. The van der Waals surface area contributed by atoms with Crippen LogP contribution in [-0.2, 0) is 17.9 Å². The van der Waals surface area contributed by atoms with Gasteiger partial charge in [0.1, 0.15) is 24.2 Å². The number of halogens is 1. The fourth-order valence-electron chi connectivity index (χ4n) is 1.96. The van der Waals surface area contributed by atoms with E-state index >= 15 is 0 Å². The maximum Gasteiger partial charge on any atom is 0.236 e. The molecule has 2 aromatic rings. The molecule has 0 fully saturated rings. The van der Waals surface area contributed by atoms with Crippen LogP contribution in [0.5, 0.6) is 5.75 Å². The van der Waals surface area contributed by atoms with Gasteiger partial charge in [0, 0.05) is 6.54 Å². The Bertz CT molecular complexity index is 661. The smallest absolute Gasteiger partial charge is 0.236 e. The van der Waals surface area contributed by atoms with Crippen molar-refractivity contribution in [3.8, 4) is 5.75 Å². The Balaban J connectivity index is 1.90. The van der Waals surface area contributed by atoms with E-state index in [1.807, 2.05) is 0 Å². The molecule has 2 rings (SSSR count). The molecule has 3 N–H and O–H groups in total. The Kier molecular flexibility index (Phi) is 5.67. The molecule has 6 heteroatoms. The zero-order valence-electron chi connectivity index (χ0n) is 12.8. The predicted octanol–water partition coefficient (Wildman–Crippen LogP) is 2.47. The van der Waals surface area contributed by atoms with E-state index in [9.17, 15) is 14.4 Å². The molecule has 2 aromatic carbocycles. The van der Waals surface area contributed by atoms with Crippen molar-refractivity contribution in [1.29, 1.82) is 0 Å². The molecule has 1 amide bonds. The number of hydroxylamine groups is 2. The number of carbonyl (C=O) groups excluding carboxylic acids is 1. The SMILES string of the molecule is C[C@@H](C(N)=O)N(O)Cc1ccc(OCc2cccc(F)c2)cc1. The van der Waals surface area contributed by atoms with Crippen LogP contribution in [0.25, 0.3) is 0 Å². The van der Waals surface area contributed by atoms with Crippen molar-refractivity contribution < 1.29 is 19.1 Å². The second-order valence-electron chi connectivity index (χ2n) is 5.24. The van der Waals surface area contributed by atoms with Gasteiger partial charge in [-0.15, -0.1) is 0 Å². The summed E-state index contributed by atoms with van der Waals surface area (Å²) in [7, 11) is 0. The minimum Gasteiger partial charge on any atom is -0.489 e. The summed E-state index contributed by atoms with van der Waals surface area (Å²) in [6.45, 7) is 1.97. The zero-order chi connectivity index (χ0) is 16.8. The van der Waals surface area contributed by atoms with Gasteiger partial charge < -0.3 is 15.7 Å². The van der Waals surface area contributed by atoms with Crippen LogP contribution in [0.4, 0.5) is 4.39 Å². The number of hydrogen-bond donors (Lipinski definition) is 2. The summed E-state index contributed by atoms with van der Waals surface area (Å²) >= 11 is 0. The molecule has 23 heavy (non-hydrogen) atoms. The summed E-state index contributed by atoms with van der Waals surface area (Å²) in [6.07, 6.45) is 0. The summed E-state index contributed by atoms with van der Waals surface area (Å²) in [5, 5.41) is 10.6. The van der Waals surface area contributed by atoms with Crippen LogP contribution < -0.4 is 10.5 Å². The summed E-state index contributed by atoms with van der Waals surface area (Å²) in [5.41, 5.74) is 6.68. The van der Waals surface area contributed by atoms with Gasteiger partial charge >= 0.3 is 0 Å². The molecule has 0 saturated heterocycles. The second-order valence-corrected chi connectivity index (χ2v) is 5.24. The van der Waals surface area contributed by atoms with Crippen molar-refractivity contribution >= 4 is 5.91 Å². The monoisotopic (exact) mass is 318 g/mol. The lowest BCUT2D eigenvalue weighted by atomic mass is 10.2. The van der Waals surface area contributed by atoms with Crippen molar-refractivity contribution in [2.24, 2.45) is 5.73 Å². The lowest BCUT2D eigenvalue weighted by Gasteiger charge is -2.19. The van der Waals surface area contributed by atoms with Crippen LogP contribution in [0.3, 0.4) is 0 Å². The predicted molar refractivity (Wildman–Crippen MR) is 83.2 cm³/mol. The maximum atomic E-state index is 13.1. The molecule has 122 valence electrons. The van der Waals surface area contributed by atoms with Crippen LogP contribution in [0, 0.1) is 5.82 Å². The van der Waals surface area contributed by atoms with Gasteiger partial charge in [-0.1, -0.05) is 24.3 Å². The Morgan fingerprint density at radius 1 is 1.26 bits per heavy atom. The number of amides is 1. The minimum absolute atomic E-state index is 0.175. The van der Waals surface area contributed by atoms with Crippen molar-refractivity contribution in [2.75, 3.05) is 0 Å². The molecule has 0 aliphatic rings. The summed E-state index contributed by atoms with van der Waals surface area (Å²) in [4.78, 5) is 11.0. The first-order chi connectivity index (χ1) is 11.0. The third-order valence-electron chi connectivity index (χ3n) is 3.42. The fraction of sp³-hybridized carbons (Fsp3) is 0.235. The molecular weight excluding hydrogens is 299 g/mol. The van der Waals surface area contributed by atoms with E-state index < -0.39 is 11.9 Å². The topological polar surface area (TPSA) is 75.8 Å². The molecule has 5 nitrogen and oxygen atoms in total. The summed E-state index contributed by atoms with van der Waals surface area (Å²) in [6, 6.07) is 12.5. The van der Waals surface area contributed by atoms with E-state index in [1.54, 1.807) is 36.4 Å². The highest BCUT2D eigenvalue weighted by Gasteiger charge is 2.16. The van der Waals surface area contributed by atoms with Crippen LogP contribution in [-0.4, -0.2) is 22.2 Å². The fourth-order valence-corrected chi connectivity index (χ4v) is 1.96. The zero-order valence-corrected chi connectivity index (χ0v) is 12.8. The van der Waals surface area contributed by atoms with E-state index in [4.69, 9.17) is 10.5 Å². The molecule has 0 heterocycles. The largest absolute Gasteiger partial charge is 0.489 e. The first kappa shape index (κ1) is 16.9. The van der Waals surface area contributed by atoms with E-state index in [0.29, 0.717) is 5.75 Å². The Hall–Kier alpha value is -2.44.